The Hall–Kier alpha value is -0.400. The molecule has 1 rings (SSSR count). The predicted molar refractivity (Wildman–Crippen MR) is 56.8 cm³/mol. The molecule has 13 heavy (non-hydrogen) atoms. The molecular weight excluding hydrogens is 207 g/mol. The van der Waals surface area contributed by atoms with Crippen LogP contribution in [0.1, 0.15) is 19.4 Å². The van der Waals surface area contributed by atoms with Crippen LogP contribution in [0.5, 0.6) is 5.75 Å². The number of rotatable bonds is 3. The molecule has 0 radical (unpaired) electrons. The van der Waals surface area contributed by atoms with E-state index in [0.717, 1.165) is 5.56 Å². The minimum atomic E-state index is 0.113. The molecule has 0 aromatic heterocycles. The van der Waals surface area contributed by atoms with Crippen LogP contribution in [0.2, 0.25) is 5.02 Å². The van der Waals surface area contributed by atoms with Gasteiger partial charge in [0.25, 0.3) is 0 Å². The Morgan fingerprint density at radius 2 is 2.08 bits per heavy atom. The smallest absolute Gasteiger partial charge is 0.142 e. The molecule has 0 saturated carbocycles. The van der Waals surface area contributed by atoms with E-state index < -0.39 is 0 Å². The number of para-hydroxylation sites is 1. The van der Waals surface area contributed by atoms with Crippen molar-refractivity contribution in [2.45, 2.75) is 25.8 Å². The van der Waals surface area contributed by atoms with E-state index in [0.29, 0.717) is 16.7 Å². The summed E-state index contributed by atoms with van der Waals surface area (Å²) in [6, 6.07) is 5.58. The largest absolute Gasteiger partial charge is 0.489 e. The molecule has 1 nitrogen and oxygen atoms in total. The van der Waals surface area contributed by atoms with Crippen LogP contribution in [-0.2, 0) is 5.88 Å². The van der Waals surface area contributed by atoms with Crippen molar-refractivity contribution in [2.24, 2.45) is 0 Å². The lowest BCUT2D eigenvalue weighted by molar-refractivity contribution is 0.241. The Kier molecular flexibility index (Phi) is 3.89. The summed E-state index contributed by atoms with van der Waals surface area (Å²) in [5.74, 6) is 1.12. The van der Waals surface area contributed by atoms with E-state index in [9.17, 15) is 0 Å². The molecule has 1 aromatic carbocycles. The van der Waals surface area contributed by atoms with E-state index in [-0.39, 0.29) is 6.10 Å². The standard InChI is InChI=1S/C10H12Cl2O/c1-7(2)13-10-8(6-11)4-3-5-9(10)12/h3-5,7H,6H2,1-2H3. The Balaban J connectivity index is 3.00. The van der Waals surface area contributed by atoms with E-state index in [1.165, 1.54) is 0 Å². The van der Waals surface area contributed by atoms with E-state index >= 15 is 0 Å². The van der Waals surface area contributed by atoms with Crippen molar-refractivity contribution < 1.29 is 4.74 Å². The molecule has 0 aliphatic rings. The van der Waals surface area contributed by atoms with Gasteiger partial charge in [-0.05, 0) is 19.9 Å². The SMILES string of the molecule is CC(C)Oc1c(Cl)cccc1CCl. The molecule has 0 N–H and O–H groups in total. The summed E-state index contributed by atoms with van der Waals surface area (Å²) in [5.41, 5.74) is 0.933. The van der Waals surface area contributed by atoms with Crippen molar-refractivity contribution >= 4 is 23.2 Å². The molecule has 0 aliphatic carbocycles. The molecule has 72 valence electrons. The lowest BCUT2D eigenvalue weighted by Gasteiger charge is -2.14. The fourth-order valence-electron chi connectivity index (χ4n) is 1.03. The van der Waals surface area contributed by atoms with Gasteiger partial charge in [-0.2, -0.15) is 0 Å². The average molecular weight is 219 g/mol. The van der Waals surface area contributed by atoms with Gasteiger partial charge < -0.3 is 4.74 Å². The summed E-state index contributed by atoms with van der Waals surface area (Å²) in [6.45, 7) is 3.92. The number of alkyl halides is 1. The van der Waals surface area contributed by atoms with Gasteiger partial charge in [0.2, 0.25) is 0 Å². The van der Waals surface area contributed by atoms with Crippen molar-refractivity contribution in [3.63, 3.8) is 0 Å². The van der Waals surface area contributed by atoms with E-state index in [2.05, 4.69) is 0 Å². The molecule has 0 heterocycles. The molecule has 3 heteroatoms. The van der Waals surface area contributed by atoms with E-state index in [1.54, 1.807) is 6.07 Å². The number of halogens is 2. The number of benzene rings is 1. The van der Waals surface area contributed by atoms with Crippen molar-refractivity contribution in [1.29, 1.82) is 0 Å². The molecule has 0 atom stereocenters. The first kappa shape index (κ1) is 10.7. The highest BCUT2D eigenvalue weighted by Crippen LogP contribution is 2.30. The van der Waals surface area contributed by atoms with Crippen LogP contribution in [0.3, 0.4) is 0 Å². The van der Waals surface area contributed by atoms with E-state index in [1.807, 2.05) is 26.0 Å². The summed E-state index contributed by atoms with van der Waals surface area (Å²) >= 11 is 11.7. The zero-order chi connectivity index (χ0) is 9.84. The highest BCUT2D eigenvalue weighted by Gasteiger charge is 2.08. The van der Waals surface area contributed by atoms with Gasteiger partial charge in [-0.15, -0.1) is 11.6 Å². The third kappa shape index (κ3) is 2.78. The molecular formula is C10H12Cl2O. The molecule has 0 unspecified atom stereocenters. The molecule has 0 spiro atoms. The number of hydrogen-bond donors (Lipinski definition) is 0. The lowest BCUT2D eigenvalue weighted by Crippen LogP contribution is -2.07. The first-order valence-corrected chi connectivity index (χ1v) is 5.06. The number of ether oxygens (including phenoxy) is 1. The Morgan fingerprint density at radius 1 is 1.38 bits per heavy atom. The summed E-state index contributed by atoms with van der Waals surface area (Å²) < 4.78 is 5.55. The zero-order valence-electron chi connectivity index (χ0n) is 7.68. The van der Waals surface area contributed by atoms with Crippen molar-refractivity contribution in [3.05, 3.63) is 28.8 Å². The molecule has 0 saturated heterocycles. The van der Waals surface area contributed by atoms with Crippen LogP contribution in [0, 0.1) is 0 Å². The van der Waals surface area contributed by atoms with Crippen LogP contribution in [0.15, 0.2) is 18.2 Å². The molecule has 0 bridgehead atoms. The third-order valence-electron chi connectivity index (χ3n) is 1.55. The molecule has 0 fully saturated rings. The van der Waals surface area contributed by atoms with Crippen LogP contribution >= 0.6 is 23.2 Å². The Labute approximate surface area is 88.6 Å². The maximum atomic E-state index is 5.97. The summed E-state index contributed by atoms with van der Waals surface area (Å²) in [7, 11) is 0. The topological polar surface area (TPSA) is 9.23 Å². The van der Waals surface area contributed by atoms with Gasteiger partial charge in [-0.3, -0.25) is 0 Å². The predicted octanol–water partition coefficient (Wildman–Crippen LogP) is 3.87. The van der Waals surface area contributed by atoms with Gasteiger partial charge in [0.1, 0.15) is 5.75 Å². The van der Waals surface area contributed by atoms with Gasteiger partial charge in [0.15, 0.2) is 0 Å². The van der Waals surface area contributed by atoms with Gasteiger partial charge in [0.05, 0.1) is 17.0 Å². The fourth-order valence-corrected chi connectivity index (χ4v) is 1.48. The van der Waals surface area contributed by atoms with Crippen LogP contribution < -0.4 is 4.74 Å². The Bertz CT molecular complexity index is 284. The van der Waals surface area contributed by atoms with Gasteiger partial charge in [-0.1, -0.05) is 23.7 Å². The average Bonchev–Trinajstić information content (AvgIpc) is 2.08. The van der Waals surface area contributed by atoms with Crippen LogP contribution in [0.25, 0.3) is 0 Å². The van der Waals surface area contributed by atoms with Crippen molar-refractivity contribution in [1.82, 2.24) is 0 Å². The van der Waals surface area contributed by atoms with Gasteiger partial charge in [-0.25, -0.2) is 0 Å². The maximum absolute atomic E-state index is 5.97. The van der Waals surface area contributed by atoms with Crippen LogP contribution in [0.4, 0.5) is 0 Å². The zero-order valence-corrected chi connectivity index (χ0v) is 9.19. The summed E-state index contributed by atoms with van der Waals surface area (Å²) in [4.78, 5) is 0. The summed E-state index contributed by atoms with van der Waals surface area (Å²) in [5, 5.41) is 0.617. The highest BCUT2D eigenvalue weighted by atomic mass is 35.5. The maximum Gasteiger partial charge on any atom is 0.142 e. The normalized spacial score (nSPS) is 10.5. The van der Waals surface area contributed by atoms with Gasteiger partial charge >= 0.3 is 0 Å². The molecule has 1 aromatic rings. The minimum Gasteiger partial charge on any atom is -0.489 e. The monoisotopic (exact) mass is 218 g/mol. The fraction of sp³-hybridized carbons (Fsp3) is 0.400. The second kappa shape index (κ2) is 4.73. The molecule has 0 aliphatic heterocycles. The first-order valence-electron chi connectivity index (χ1n) is 4.15. The minimum absolute atomic E-state index is 0.113. The second-order valence-corrected chi connectivity index (χ2v) is 3.70. The highest BCUT2D eigenvalue weighted by molar-refractivity contribution is 6.32. The number of hydrogen-bond acceptors (Lipinski definition) is 1. The van der Waals surface area contributed by atoms with Crippen molar-refractivity contribution in [2.75, 3.05) is 0 Å². The third-order valence-corrected chi connectivity index (χ3v) is 2.13. The lowest BCUT2D eigenvalue weighted by atomic mass is 10.2. The molecule has 0 amide bonds. The summed E-state index contributed by atoms with van der Waals surface area (Å²) in [6.07, 6.45) is 0.113. The quantitative estimate of drug-likeness (QED) is 0.701. The van der Waals surface area contributed by atoms with Gasteiger partial charge in [0, 0.05) is 5.56 Å². The second-order valence-electron chi connectivity index (χ2n) is 3.03. The first-order chi connectivity index (χ1) is 6.15. The Morgan fingerprint density at radius 3 is 2.62 bits per heavy atom. The van der Waals surface area contributed by atoms with Crippen molar-refractivity contribution in [3.8, 4) is 5.75 Å². The van der Waals surface area contributed by atoms with Crippen LogP contribution in [-0.4, -0.2) is 6.10 Å². The van der Waals surface area contributed by atoms with E-state index in [4.69, 9.17) is 27.9 Å².